The van der Waals surface area contributed by atoms with Gasteiger partial charge in [-0.15, -0.1) is 10.3 Å². The van der Waals surface area contributed by atoms with E-state index >= 15 is 0 Å². The molecule has 0 radical (unpaired) electrons. The molecule has 1 N–H and O–H groups in total. The van der Waals surface area contributed by atoms with Gasteiger partial charge in [-0.1, -0.05) is 38.5 Å². The first-order valence-electron chi connectivity index (χ1n) is 13.6. The highest BCUT2D eigenvalue weighted by molar-refractivity contribution is 8.29. The second kappa shape index (κ2) is 13.3. The molecule has 0 spiro atoms. The fourth-order valence-electron chi connectivity index (χ4n) is 3.81. The lowest BCUT2D eigenvalue weighted by atomic mass is 10.2. The third kappa shape index (κ3) is 8.42. The summed E-state index contributed by atoms with van der Waals surface area (Å²) in [5.41, 5.74) is 2.18. The fraction of sp³-hybridized carbons (Fsp3) is 0.467. The van der Waals surface area contributed by atoms with Crippen LogP contribution in [0, 0.1) is 6.92 Å². The van der Waals surface area contributed by atoms with Crippen molar-refractivity contribution in [2.45, 2.75) is 37.3 Å². The number of ether oxygens (including phenoxy) is 2. The van der Waals surface area contributed by atoms with E-state index in [4.69, 9.17) is 23.6 Å². The van der Waals surface area contributed by atoms with Crippen LogP contribution in [0.2, 0.25) is 0 Å². The van der Waals surface area contributed by atoms with Crippen LogP contribution >= 0.6 is 22.3 Å². The highest BCUT2D eigenvalue weighted by Gasteiger charge is 2.28. The van der Waals surface area contributed by atoms with Crippen LogP contribution in [0.3, 0.4) is 0 Å². The second-order valence-corrected chi connectivity index (χ2v) is 16.2. The number of nitrogens with zero attached hydrogens (tertiary/aromatic N) is 4. The van der Waals surface area contributed by atoms with Crippen molar-refractivity contribution in [3.63, 3.8) is 0 Å². The first-order chi connectivity index (χ1) is 19.0. The van der Waals surface area contributed by atoms with Gasteiger partial charge in [0.15, 0.2) is 0 Å². The third-order valence-electron chi connectivity index (χ3n) is 7.02. The van der Waals surface area contributed by atoms with Crippen molar-refractivity contribution in [3.05, 3.63) is 60.2 Å². The van der Waals surface area contributed by atoms with Crippen LogP contribution in [0.5, 0.6) is 11.6 Å². The van der Waals surface area contributed by atoms with Crippen molar-refractivity contribution in [2.75, 3.05) is 69.2 Å². The molecule has 0 saturated carbocycles. The lowest BCUT2D eigenvalue weighted by molar-refractivity contribution is 0.224. The van der Waals surface area contributed by atoms with E-state index in [1.165, 1.54) is 10.5 Å². The van der Waals surface area contributed by atoms with Gasteiger partial charge in [0.2, 0.25) is 11.8 Å². The summed E-state index contributed by atoms with van der Waals surface area (Å²) in [4.78, 5) is 13.1. The molecule has 10 heteroatoms. The Hall–Kier alpha value is -2.66. The quantitative estimate of drug-likeness (QED) is 0.199. The van der Waals surface area contributed by atoms with Crippen LogP contribution in [-0.4, -0.2) is 78.0 Å². The molecule has 1 aliphatic heterocycles. The molecule has 40 heavy (non-hydrogen) atoms. The van der Waals surface area contributed by atoms with Crippen molar-refractivity contribution in [1.29, 1.82) is 0 Å². The summed E-state index contributed by atoms with van der Waals surface area (Å²) in [6.45, 7) is 13.1. The molecule has 2 aromatic carbocycles. The summed E-state index contributed by atoms with van der Waals surface area (Å²) in [5, 5.41) is 3.43. The minimum Gasteiger partial charge on any atom is -0.497 e. The van der Waals surface area contributed by atoms with Gasteiger partial charge in [0.05, 0.1) is 13.7 Å². The molecule has 0 aliphatic carbocycles. The Bertz CT molecular complexity index is 1230. The maximum Gasteiger partial charge on any atom is 0.230 e. The topological polar surface area (TPSA) is 72.0 Å². The largest absolute Gasteiger partial charge is 0.497 e. The smallest absolute Gasteiger partial charge is 0.230 e. The van der Waals surface area contributed by atoms with Gasteiger partial charge in [0.25, 0.3) is 0 Å². The minimum absolute atomic E-state index is 0.105. The van der Waals surface area contributed by atoms with Crippen molar-refractivity contribution >= 4 is 39.7 Å². The Balaban J connectivity index is 1.42. The van der Waals surface area contributed by atoms with Gasteiger partial charge < -0.3 is 23.9 Å². The molecule has 1 saturated heterocycles. The number of benzene rings is 2. The summed E-state index contributed by atoms with van der Waals surface area (Å²) in [6.07, 6.45) is 4.40. The molecule has 0 bridgehead atoms. The summed E-state index contributed by atoms with van der Waals surface area (Å²) in [6, 6.07) is 18.3. The normalized spacial score (nSPS) is 15.1. The van der Waals surface area contributed by atoms with Gasteiger partial charge in [-0.2, -0.15) is 9.97 Å². The number of hydrogen-bond donors (Lipinski definition) is 1. The number of nitrogens with one attached hydrogen (secondary N) is 1. The zero-order chi connectivity index (χ0) is 28.8. The van der Waals surface area contributed by atoms with E-state index in [1.807, 2.05) is 18.2 Å². The van der Waals surface area contributed by atoms with Crippen LogP contribution in [0.25, 0.3) is 0 Å². The number of rotatable bonds is 11. The summed E-state index contributed by atoms with van der Waals surface area (Å²) in [5.74, 6) is 2.79. The van der Waals surface area contributed by atoms with Crippen LogP contribution in [-0.2, 0) is 4.18 Å². The predicted octanol–water partition coefficient (Wildman–Crippen LogP) is 6.54. The van der Waals surface area contributed by atoms with Gasteiger partial charge in [-0.25, -0.2) is 4.31 Å². The molecule has 1 aliphatic rings. The Morgan fingerprint density at radius 3 is 2.23 bits per heavy atom. The molecule has 0 atom stereocenters. The van der Waals surface area contributed by atoms with Gasteiger partial charge in [-0.05, 0) is 67.8 Å². The minimum atomic E-state index is -1.21. The highest BCUT2D eigenvalue weighted by Crippen LogP contribution is 2.53. The zero-order valence-electron chi connectivity index (χ0n) is 24.8. The van der Waals surface area contributed by atoms with Crippen molar-refractivity contribution in [3.8, 4) is 11.6 Å². The van der Waals surface area contributed by atoms with E-state index < -0.39 is 10.3 Å². The standard InChI is InChI=1S/C30H43N5O3S2/c1-23-8-10-24(11-9-23)31-27-22-28(37-20-21-38-40(6,7)30(2,3)4)33-29(32-27)34-16-18-35(19-17-34)39-26-14-12-25(36-5)13-15-26/h8-15,22H,16-21H2,1-7H3,(H,31,32,33). The van der Waals surface area contributed by atoms with Crippen molar-refractivity contribution < 1.29 is 13.7 Å². The Morgan fingerprint density at radius 2 is 1.60 bits per heavy atom. The number of anilines is 3. The lowest BCUT2D eigenvalue weighted by Gasteiger charge is -2.43. The van der Waals surface area contributed by atoms with E-state index in [0.29, 0.717) is 30.9 Å². The van der Waals surface area contributed by atoms with E-state index in [1.54, 1.807) is 19.1 Å². The van der Waals surface area contributed by atoms with E-state index in [9.17, 15) is 0 Å². The number of aromatic nitrogens is 2. The van der Waals surface area contributed by atoms with Gasteiger partial charge >= 0.3 is 0 Å². The van der Waals surface area contributed by atoms with Crippen molar-refractivity contribution in [1.82, 2.24) is 14.3 Å². The summed E-state index contributed by atoms with van der Waals surface area (Å²) in [7, 11) is 0.481. The van der Waals surface area contributed by atoms with Crippen molar-refractivity contribution in [2.24, 2.45) is 0 Å². The molecule has 0 amide bonds. The molecule has 218 valence electrons. The average molecular weight is 586 g/mol. The lowest BCUT2D eigenvalue weighted by Crippen LogP contribution is -2.44. The van der Waals surface area contributed by atoms with E-state index in [0.717, 1.165) is 37.6 Å². The summed E-state index contributed by atoms with van der Waals surface area (Å²) < 4.78 is 20.1. The molecule has 2 heterocycles. The van der Waals surface area contributed by atoms with E-state index in [2.05, 4.69) is 91.1 Å². The molecule has 3 aromatic rings. The van der Waals surface area contributed by atoms with Gasteiger partial charge in [0.1, 0.15) is 18.2 Å². The van der Waals surface area contributed by atoms with Crippen LogP contribution in [0.15, 0.2) is 59.5 Å². The van der Waals surface area contributed by atoms with Crippen LogP contribution < -0.4 is 19.7 Å². The average Bonchev–Trinajstić information content (AvgIpc) is 2.92. The van der Waals surface area contributed by atoms with E-state index in [-0.39, 0.29) is 4.75 Å². The van der Waals surface area contributed by atoms with Gasteiger partial charge in [0, 0.05) is 47.6 Å². The van der Waals surface area contributed by atoms with Gasteiger partial charge in [-0.3, -0.25) is 0 Å². The Kier molecular flexibility index (Phi) is 10.1. The first kappa shape index (κ1) is 30.3. The third-order valence-corrected chi connectivity index (χ3v) is 11.8. The number of hydrogen-bond acceptors (Lipinski definition) is 9. The molecular formula is C30H43N5O3S2. The van der Waals surface area contributed by atoms with Crippen LogP contribution in [0.1, 0.15) is 26.3 Å². The Morgan fingerprint density at radius 1 is 0.925 bits per heavy atom. The molecular weight excluding hydrogens is 542 g/mol. The molecule has 1 aromatic heterocycles. The molecule has 0 unspecified atom stereocenters. The fourth-order valence-corrected chi connectivity index (χ4v) is 5.55. The number of aryl methyl sites for hydroxylation is 1. The molecule has 4 rings (SSSR count). The number of piperazine rings is 1. The Labute approximate surface area is 245 Å². The second-order valence-electron chi connectivity index (χ2n) is 11.1. The molecule has 1 fully saturated rings. The first-order valence-corrected chi connectivity index (χ1v) is 16.7. The predicted molar refractivity (Wildman–Crippen MR) is 170 cm³/mol. The number of methoxy groups -OCH3 is 1. The monoisotopic (exact) mass is 585 g/mol. The highest BCUT2D eigenvalue weighted by atomic mass is 32.3. The summed E-state index contributed by atoms with van der Waals surface area (Å²) >= 11 is 1.77. The van der Waals surface area contributed by atoms with Crippen LogP contribution in [0.4, 0.5) is 17.5 Å². The SMILES string of the molecule is COc1ccc(SN2CCN(c3nc(Nc4ccc(C)cc4)cc(OCCOS(C)(C)C(C)(C)C)n3)CC2)cc1. The maximum absolute atomic E-state index is 6.25. The molecule has 8 nitrogen and oxygen atoms in total. The zero-order valence-corrected chi connectivity index (χ0v) is 26.4. The maximum atomic E-state index is 6.25.